The van der Waals surface area contributed by atoms with Crippen molar-refractivity contribution in [2.45, 2.75) is 39.0 Å². The molecule has 0 aromatic heterocycles. The fourth-order valence-electron chi connectivity index (χ4n) is 2.97. The molecule has 1 atom stereocenters. The molecular formula is C15H18N2O. The van der Waals surface area contributed by atoms with E-state index in [1.807, 2.05) is 30.3 Å². The molecule has 3 heteroatoms. The SMILES string of the molecule is CC12CCCCC1=NN(c1ccccc1)C(=O)C2. The molecule has 1 aliphatic heterocycles. The van der Waals surface area contributed by atoms with Crippen LogP contribution in [0.15, 0.2) is 35.4 Å². The van der Waals surface area contributed by atoms with Crippen LogP contribution < -0.4 is 5.01 Å². The van der Waals surface area contributed by atoms with E-state index in [1.54, 1.807) is 5.01 Å². The Balaban J connectivity index is 1.98. The maximum atomic E-state index is 12.3. The molecule has 0 radical (unpaired) electrons. The van der Waals surface area contributed by atoms with Crippen LogP contribution in [0.2, 0.25) is 0 Å². The van der Waals surface area contributed by atoms with E-state index in [2.05, 4.69) is 12.0 Å². The zero-order valence-electron chi connectivity index (χ0n) is 10.7. The van der Waals surface area contributed by atoms with Crippen LogP contribution in [0.5, 0.6) is 0 Å². The van der Waals surface area contributed by atoms with E-state index in [0.29, 0.717) is 6.42 Å². The molecule has 1 amide bonds. The number of anilines is 1. The number of hydrogen-bond acceptors (Lipinski definition) is 2. The van der Waals surface area contributed by atoms with Gasteiger partial charge in [-0.15, -0.1) is 0 Å². The molecule has 0 saturated heterocycles. The number of rotatable bonds is 1. The van der Waals surface area contributed by atoms with Gasteiger partial charge in [-0.3, -0.25) is 4.79 Å². The minimum atomic E-state index is 0.0145. The number of carbonyl (C=O) groups excluding carboxylic acids is 1. The van der Waals surface area contributed by atoms with Crippen molar-refractivity contribution in [3.63, 3.8) is 0 Å². The Morgan fingerprint density at radius 1 is 1.22 bits per heavy atom. The second-order valence-corrected chi connectivity index (χ2v) is 5.53. The molecule has 94 valence electrons. The van der Waals surface area contributed by atoms with Gasteiger partial charge in [-0.2, -0.15) is 5.10 Å². The smallest absolute Gasteiger partial charge is 0.248 e. The predicted molar refractivity (Wildman–Crippen MR) is 72.6 cm³/mol. The highest BCUT2D eigenvalue weighted by atomic mass is 16.2. The van der Waals surface area contributed by atoms with Crippen LogP contribution in [-0.4, -0.2) is 11.6 Å². The molecule has 3 rings (SSSR count). The summed E-state index contributed by atoms with van der Waals surface area (Å²) >= 11 is 0. The normalized spacial score (nSPS) is 27.7. The number of nitrogens with zero attached hydrogens (tertiary/aromatic N) is 2. The molecule has 1 unspecified atom stereocenters. The van der Waals surface area contributed by atoms with Gasteiger partial charge in [0.25, 0.3) is 0 Å². The van der Waals surface area contributed by atoms with Crippen molar-refractivity contribution in [3.8, 4) is 0 Å². The van der Waals surface area contributed by atoms with Gasteiger partial charge in [-0.1, -0.05) is 31.5 Å². The molecule has 1 aromatic rings. The van der Waals surface area contributed by atoms with Crippen LogP contribution >= 0.6 is 0 Å². The lowest BCUT2D eigenvalue weighted by Gasteiger charge is -2.40. The van der Waals surface area contributed by atoms with Crippen molar-refractivity contribution in [3.05, 3.63) is 30.3 Å². The van der Waals surface area contributed by atoms with E-state index in [9.17, 15) is 4.79 Å². The second-order valence-electron chi connectivity index (χ2n) is 5.53. The molecule has 1 aromatic carbocycles. The summed E-state index contributed by atoms with van der Waals surface area (Å²) in [7, 11) is 0. The van der Waals surface area contributed by atoms with Crippen molar-refractivity contribution >= 4 is 17.3 Å². The lowest BCUT2D eigenvalue weighted by atomic mass is 9.71. The molecule has 18 heavy (non-hydrogen) atoms. The first-order valence-corrected chi connectivity index (χ1v) is 6.65. The molecule has 0 bridgehead atoms. The quantitative estimate of drug-likeness (QED) is 0.743. The molecule has 1 aliphatic carbocycles. The topological polar surface area (TPSA) is 32.7 Å². The Morgan fingerprint density at radius 3 is 2.78 bits per heavy atom. The average molecular weight is 242 g/mol. The maximum absolute atomic E-state index is 12.3. The molecular weight excluding hydrogens is 224 g/mol. The molecule has 0 N–H and O–H groups in total. The molecule has 0 spiro atoms. The first kappa shape index (κ1) is 11.5. The Kier molecular flexibility index (Phi) is 2.69. The number of benzene rings is 1. The van der Waals surface area contributed by atoms with Gasteiger partial charge in [0.15, 0.2) is 0 Å². The van der Waals surface area contributed by atoms with E-state index >= 15 is 0 Å². The molecule has 1 saturated carbocycles. The number of carbonyl (C=O) groups is 1. The zero-order valence-corrected chi connectivity index (χ0v) is 10.7. The Morgan fingerprint density at radius 2 is 2.00 bits per heavy atom. The van der Waals surface area contributed by atoms with Gasteiger partial charge in [0.05, 0.1) is 5.69 Å². The third-order valence-electron chi connectivity index (χ3n) is 4.09. The van der Waals surface area contributed by atoms with Gasteiger partial charge in [0.2, 0.25) is 5.91 Å². The standard InChI is InChI=1S/C15H18N2O/c1-15-10-6-5-9-13(15)16-17(14(18)11-15)12-7-3-2-4-8-12/h2-4,7-8H,5-6,9-11H2,1H3. The van der Waals surface area contributed by atoms with Crippen LogP contribution in [0.25, 0.3) is 0 Å². The van der Waals surface area contributed by atoms with Crippen LogP contribution in [0.1, 0.15) is 39.0 Å². The van der Waals surface area contributed by atoms with Crippen molar-refractivity contribution in [2.75, 3.05) is 5.01 Å². The Bertz CT molecular complexity index is 494. The third-order valence-corrected chi connectivity index (χ3v) is 4.09. The summed E-state index contributed by atoms with van der Waals surface area (Å²) in [5.41, 5.74) is 2.10. The van der Waals surface area contributed by atoms with Gasteiger partial charge in [0.1, 0.15) is 0 Å². The van der Waals surface area contributed by atoms with Gasteiger partial charge in [-0.25, -0.2) is 5.01 Å². The summed E-state index contributed by atoms with van der Waals surface area (Å²) in [5, 5.41) is 6.21. The van der Waals surface area contributed by atoms with E-state index in [-0.39, 0.29) is 11.3 Å². The van der Waals surface area contributed by atoms with E-state index in [4.69, 9.17) is 0 Å². The van der Waals surface area contributed by atoms with E-state index < -0.39 is 0 Å². The molecule has 1 fully saturated rings. The largest absolute Gasteiger partial charge is 0.273 e. The number of para-hydroxylation sites is 1. The third kappa shape index (κ3) is 1.84. The molecule has 1 heterocycles. The van der Waals surface area contributed by atoms with Gasteiger partial charge < -0.3 is 0 Å². The van der Waals surface area contributed by atoms with Gasteiger partial charge in [0, 0.05) is 17.5 Å². The fraction of sp³-hybridized carbons (Fsp3) is 0.467. The first-order valence-electron chi connectivity index (χ1n) is 6.65. The first-order chi connectivity index (χ1) is 8.69. The Labute approximate surface area is 107 Å². The maximum Gasteiger partial charge on any atom is 0.248 e. The average Bonchev–Trinajstić information content (AvgIpc) is 2.38. The van der Waals surface area contributed by atoms with Crippen molar-refractivity contribution in [1.29, 1.82) is 0 Å². The van der Waals surface area contributed by atoms with Crippen molar-refractivity contribution in [2.24, 2.45) is 10.5 Å². The summed E-state index contributed by atoms with van der Waals surface area (Å²) in [6.07, 6.45) is 5.15. The number of amides is 1. The van der Waals surface area contributed by atoms with Gasteiger partial charge in [-0.05, 0) is 31.4 Å². The summed E-state index contributed by atoms with van der Waals surface area (Å²) in [5.74, 6) is 0.120. The van der Waals surface area contributed by atoms with Crippen LogP contribution in [0.3, 0.4) is 0 Å². The molecule has 3 nitrogen and oxygen atoms in total. The zero-order chi connectivity index (χ0) is 12.6. The van der Waals surface area contributed by atoms with Gasteiger partial charge >= 0.3 is 0 Å². The molecule has 2 aliphatic rings. The predicted octanol–water partition coefficient (Wildman–Crippen LogP) is 3.36. The minimum Gasteiger partial charge on any atom is -0.273 e. The lowest BCUT2D eigenvalue weighted by molar-refractivity contribution is -0.120. The van der Waals surface area contributed by atoms with Crippen LogP contribution in [0, 0.1) is 5.41 Å². The summed E-state index contributed by atoms with van der Waals surface area (Å²) in [6.45, 7) is 2.19. The van der Waals surface area contributed by atoms with E-state index in [1.165, 1.54) is 18.6 Å². The monoisotopic (exact) mass is 242 g/mol. The second kappa shape index (κ2) is 4.23. The van der Waals surface area contributed by atoms with Crippen LogP contribution in [0.4, 0.5) is 5.69 Å². The number of fused-ring (bicyclic) bond motifs is 1. The lowest BCUT2D eigenvalue weighted by Crippen LogP contribution is -2.44. The van der Waals surface area contributed by atoms with Crippen LogP contribution in [-0.2, 0) is 4.79 Å². The summed E-state index contributed by atoms with van der Waals surface area (Å²) in [4.78, 5) is 12.3. The number of hydrazone groups is 1. The summed E-state index contributed by atoms with van der Waals surface area (Å²) < 4.78 is 0. The van der Waals surface area contributed by atoms with E-state index in [0.717, 1.165) is 18.5 Å². The number of hydrogen-bond donors (Lipinski definition) is 0. The minimum absolute atomic E-state index is 0.0145. The highest BCUT2D eigenvalue weighted by molar-refractivity contribution is 6.05. The van der Waals surface area contributed by atoms with Crippen molar-refractivity contribution in [1.82, 2.24) is 0 Å². The highest BCUT2D eigenvalue weighted by Crippen LogP contribution is 2.40. The Hall–Kier alpha value is -1.64. The van der Waals surface area contributed by atoms with Crippen molar-refractivity contribution < 1.29 is 4.79 Å². The highest BCUT2D eigenvalue weighted by Gasteiger charge is 2.40. The fourth-order valence-corrected chi connectivity index (χ4v) is 2.97. The summed E-state index contributed by atoms with van der Waals surface area (Å²) in [6, 6.07) is 9.71.